The summed E-state index contributed by atoms with van der Waals surface area (Å²) in [7, 11) is 0. The van der Waals surface area contributed by atoms with Gasteiger partial charge < -0.3 is 9.47 Å². The van der Waals surface area contributed by atoms with Crippen LogP contribution in [0.25, 0.3) is 0 Å². The Kier molecular flexibility index (Phi) is 2.76. The molecule has 0 aromatic carbocycles. The maximum atomic E-state index is 10.9. The maximum absolute atomic E-state index is 10.9. The van der Waals surface area contributed by atoms with Crippen LogP contribution in [0, 0.1) is 0 Å². The number of thioether (sulfide) groups is 1. The Hall–Kier alpha value is -0.710. The molecule has 1 atom stereocenters. The van der Waals surface area contributed by atoms with Crippen molar-refractivity contribution in [2.75, 3.05) is 13.0 Å². The summed E-state index contributed by atoms with van der Waals surface area (Å²) < 4.78 is 9.08. The lowest BCUT2D eigenvalue weighted by Crippen LogP contribution is -2.18. The molecule has 5 heteroatoms. The number of carbonyl (C=O) groups excluding carboxylic acids is 2. The molecule has 0 bridgehead atoms. The summed E-state index contributed by atoms with van der Waals surface area (Å²) in [5, 5.41) is -0.398. The molecule has 0 spiro atoms. The number of rotatable bonds is 1. The van der Waals surface area contributed by atoms with E-state index in [4.69, 9.17) is 0 Å². The van der Waals surface area contributed by atoms with Crippen molar-refractivity contribution in [1.29, 1.82) is 0 Å². The predicted octanol–water partition coefficient (Wildman–Crippen LogP) is 0.166. The minimum Gasteiger partial charge on any atom is -0.428 e. The molecule has 62 valence electrons. The van der Waals surface area contributed by atoms with E-state index in [1.807, 2.05) is 0 Å². The Morgan fingerprint density at radius 2 is 2.18 bits per heavy atom. The molecule has 1 unspecified atom stereocenters. The Morgan fingerprint density at radius 1 is 1.45 bits per heavy atom. The summed E-state index contributed by atoms with van der Waals surface area (Å²) in [4.78, 5) is 21.6. The molecule has 0 aromatic heterocycles. The molecule has 0 N–H and O–H groups in total. The Bertz CT molecular complexity index is 179. The highest BCUT2D eigenvalue weighted by atomic mass is 32.2. The fourth-order valence-corrected chi connectivity index (χ4v) is 1.28. The van der Waals surface area contributed by atoms with Crippen LogP contribution in [0.3, 0.4) is 0 Å². The molecule has 0 amide bonds. The van der Waals surface area contributed by atoms with E-state index in [0.717, 1.165) is 0 Å². The van der Waals surface area contributed by atoms with Gasteiger partial charge >= 0.3 is 11.9 Å². The second-order valence-corrected chi connectivity index (χ2v) is 3.07. The summed E-state index contributed by atoms with van der Waals surface area (Å²) in [6.07, 6.45) is 1.87. The number of hydrogen-bond acceptors (Lipinski definition) is 5. The largest absolute Gasteiger partial charge is 0.428 e. The minimum absolute atomic E-state index is 0.111. The molecule has 1 rings (SSSR count). The smallest absolute Gasteiger partial charge is 0.322 e. The van der Waals surface area contributed by atoms with E-state index in [0.29, 0.717) is 0 Å². The third-order valence-electron chi connectivity index (χ3n) is 1.32. The molecular formula is C6H8O4S. The van der Waals surface area contributed by atoms with E-state index < -0.39 is 5.25 Å². The zero-order valence-electron chi connectivity index (χ0n) is 6.03. The lowest BCUT2D eigenvalue weighted by molar-refractivity contribution is -0.159. The van der Waals surface area contributed by atoms with Gasteiger partial charge in [-0.2, -0.15) is 0 Å². The van der Waals surface area contributed by atoms with Crippen molar-refractivity contribution in [2.24, 2.45) is 0 Å². The topological polar surface area (TPSA) is 52.6 Å². The first-order valence-electron chi connectivity index (χ1n) is 3.09. The van der Waals surface area contributed by atoms with Gasteiger partial charge in [0.1, 0.15) is 5.25 Å². The van der Waals surface area contributed by atoms with Crippen molar-refractivity contribution >= 4 is 23.7 Å². The molecule has 11 heavy (non-hydrogen) atoms. The fourth-order valence-electron chi connectivity index (χ4n) is 0.719. The van der Waals surface area contributed by atoms with Gasteiger partial charge in [-0.3, -0.25) is 9.59 Å². The second kappa shape index (κ2) is 3.61. The average Bonchev–Trinajstić information content (AvgIpc) is 2.13. The van der Waals surface area contributed by atoms with Crippen LogP contribution in [0.2, 0.25) is 0 Å². The van der Waals surface area contributed by atoms with Crippen molar-refractivity contribution < 1.29 is 19.1 Å². The van der Waals surface area contributed by atoms with E-state index in [9.17, 15) is 9.59 Å². The monoisotopic (exact) mass is 176 g/mol. The highest BCUT2D eigenvalue weighted by Crippen LogP contribution is 2.16. The van der Waals surface area contributed by atoms with Crippen LogP contribution in [0.4, 0.5) is 0 Å². The average molecular weight is 176 g/mol. The Balaban J connectivity index is 2.59. The molecule has 0 aromatic rings. The molecule has 1 heterocycles. The van der Waals surface area contributed by atoms with Crippen molar-refractivity contribution in [3.05, 3.63) is 0 Å². The molecule has 1 fully saturated rings. The normalized spacial score (nSPS) is 25.4. The predicted molar refractivity (Wildman–Crippen MR) is 39.0 cm³/mol. The van der Waals surface area contributed by atoms with Crippen LogP contribution in [-0.2, 0) is 19.1 Å². The second-order valence-electron chi connectivity index (χ2n) is 2.03. The zero-order valence-corrected chi connectivity index (χ0v) is 6.85. The first-order chi connectivity index (χ1) is 5.24. The van der Waals surface area contributed by atoms with Crippen LogP contribution in [-0.4, -0.2) is 30.2 Å². The number of hydrogen-bond donors (Lipinski definition) is 0. The molecule has 1 saturated heterocycles. The zero-order chi connectivity index (χ0) is 8.27. The van der Waals surface area contributed by atoms with E-state index in [1.165, 1.54) is 11.8 Å². The molecule has 0 saturated carbocycles. The molecular weight excluding hydrogens is 168 g/mol. The lowest BCUT2D eigenvalue weighted by Gasteiger charge is -2.04. The van der Waals surface area contributed by atoms with Crippen molar-refractivity contribution in [1.82, 2.24) is 0 Å². The molecule has 0 aliphatic carbocycles. The van der Waals surface area contributed by atoms with Gasteiger partial charge in [-0.25, -0.2) is 0 Å². The fraction of sp³-hybridized carbons (Fsp3) is 0.667. The van der Waals surface area contributed by atoms with E-state index >= 15 is 0 Å². The Morgan fingerprint density at radius 3 is 2.82 bits per heavy atom. The van der Waals surface area contributed by atoms with Crippen LogP contribution in [0.15, 0.2) is 0 Å². The van der Waals surface area contributed by atoms with Gasteiger partial charge in [0.2, 0.25) is 6.79 Å². The van der Waals surface area contributed by atoms with Gasteiger partial charge in [-0.1, -0.05) is 0 Å². The minimum atomic E-state index is -0.398. The third kappa shape index (κ3) is 2.11. The molecule has 1 aliphatic rings. The van der Waals surface area contributed by atoms with Gasteiger partial charge in [0.25, 0.3) is 0 Å². The number of carbonyl (C=O) groups is 2. The van der Waals surface area contributed by atoms with Crippen LogP contribution in [0.5, 0.6) is 0 Å². The maximum Gasteiger partial charge on any atom is 0.322 e. The number of ether oxygens (including phenoxy) is 2. The van der Waals surface area contributed by atoms with Crippen LogP contribution in [0.1, 0.15) is 6.42 Å². The van der Waals surface area contributed by atoms with E-state index in [2.05, 4.69) is 9.47 Å². The van der Waals surface area contributed by atoms with Gasteiger partial charge in [-0.15, -0.1) is 11.8 Å². The standard InChI is InChI=1S/C6H8O4S/c1-11-4-2-5(7)9-3-10-6(4)8/h4H,2-3H2,1H3. The van der Waals surface area contributed by atoms with Crippen molar-refractivity contribution in [3.63, 3.8) is 0 Å². The lowest BCUT2D eigenvalue weighted by atomic mass is 10.3. The first kappa shape index (κ1) is 8.39. The summed E-state index contributed by atoms with van der Waals surface area (Å²) in [6, 6.07) is 0. The van der Waals surface area contributed by atoms with Crippen LogP contribution < -0.4 is 0 Å². The van der Waals surface area contributed by atoms with Gasteiger partial charge in [-0.05, 0) is 6.26 Å². The van der Waals surface area contributed by atoms with E-state index in [-0.39, 0.29) is 25.2 Å². The van der Waals surface area contributed by atoms with E-state index in [1.54, 1.807) is 6.26 Å². The quantitative estimate of drug-likeness (QED) is 0.533. The molecule has 0 radical (unpaired) electrons. The van der Waals surface area contributed by atoms with Crippen molar-refractivity contribution in [2.45, 2.75) is 11.7 Å². The first-order valence-corrected chi connectivity index (χ1v) is 4.38. The highest BCUT2D eigenvalue weighted by Gasteiger charge is 2.26. The van der Waals surface area contributed by atoms with Crippen molar-refractivity contribution in [3.8, 4) is 0 Å². The summed E-state index contributed by atoms with van der Waals surface area (Å²) >= 11 is 1.30. The molecule has 4 nitrogen and oxygen atoms in total. The summed E-state index contributed by atoms with van der Waals surface area (Å²) in [6.45, 7) is -0.241. The highest BCUT2D eigenvalue weighted by molar-refractivity contribution is 7.99. The number of esters is 2. The summed E-state index contributed by atoms with van der Waals surface area (Å²) in [5.41, 5.74) is 0. The summed E-state index contributed by atoms with van der Waals surface area (Å²) in [5.74, 6) is -0.751. The van der Waals surface area contributed by atoms with Gasteiger partial charge in [0, 0.05) is 0 Å². The van der Waals surface area contributed by atoms with Gasteiger partial charge in [0.05, 0.1) is 6.42 Å². The number of cyclic esters (lactones) is 2. The van der Waals surface area contributed by atoms with Gasteiger partial charge in [0.15, 0.2) is 0 Å². The molecule has 1 aliphatic heterocycles. The SMILES string of the molecule is CSC1CC(=O)OCOC1=O. The van der Waals surface area contributed by atoms with Crippen LogP contribution >= 0.6 is 11.8 Å². The Labute approximate surface area is 68.2 Å². The third-order valence-corrected chi connectivity index (χ3v) is 2.25.